The fraction of sp³-hybridized carbons (Fsp3) is 0.417. The van der Waals surface area contributed by atoms with Gasteiger partial charge in [0.05, 0.1) is 5.56 Å². The number of alkyl halides is 1. The van der Waals surface area contributed by atoms with Gasteiger partial charge in [-0.05, 0) is 24.6 Å². The van der Waals surface area contributed by atoms with E-state index in [0.29, 0.717) is 18.1 Å². The smallest absolute Gasteiger partial charge is 0.255 e. The number of hydrogen-bond acceptors (Lipinski definition) is 3. The highest BCUT2D eigenvalue weighted by Gasteiger charge is 2.16. The zero-order valence-corrected chi connectivity index (χ0v) is 11.5. The van der Waals surface area contributed by atoms with E-state index in [0.717, 1.165) is 0 Å². The molecular formula is C12H15Cl2NO3. The van der Waals surface area contributed by atoms with Crippen molar-refractivity contribution in [1.29, 1.82) is 0 Å². The SMILES string of the molecule is COCCC(CCl)NC(=O)c1cc(Cl)ccc1O. The van der Waals surface area contributed by atoms with E-state index < -0.39 is 5.91 Å². The predicted molar refractivity (Wildman–Crippen MR) is 71.6 cm³/mol. The Balaban J connectivity index is 2.71. The van der Waals surface area contributed by atoms with Crippen LogP contribution in [-0.2, 0) is 4.74 Å². The first-order chi connectivity index (χ1) is 8.58. The molecule has 18 heavy (non-hydrogen) atoms. The second kappa shape index (κ2) is 7.46. The number of halogens is 2. The predicted octanol–water partition coefficient (Wildman–Crippen LogP) is 2.42. The maximum atomic E-state index is 11.9. The van der Waals surface area contributed by atoms with Crippen LogP contribution in [-0.4, -0.2) is 36.7 Å². The lowest BCUT2D eigenvalue weighted by Crippen LogP contribution is -2.37. The number of benzene rings is 1. The lowest BCUT2D eigenvalue weighted by molar-refractivity contribution is 0.0927. The third kappa shape index (κ3) is 4.37. The van der Waals surface area contributed by atoms with Crippen LogP contribution in [0.5, 0.6) is 5.75 Å². The van der Waals surface area contributed by atoms with Crippen molar-refractivity contribution in [2.45, 2.75) is 12.5 Å². The number of phenolic OH excluding ortho intramolecular Hbond substituents is 1. The van der Waals surface area contributed by atoms with Gasteiger partial charge >= 0.3 is 0 Å². The van der Waals surface area contributed by atoms with Crippen molar-refractivity contribution in [2.24, 2.45) is 0 Å². The molecule has 6 heteroatoms. The highest BCUT2D eigenvalue weighted by Crippen LogP contribution is 2.21. The van der Waals surface area contributed by atoms with Crippen LogP contribution in [0.15, 0.2) is 18.2 Å². The van der Waals surface area contributed by atoms with Crippen LogP contribution < -0.4 is 5.32 Å². The molecule has 1 aromatic rings. The van der Waals surface area contributed by atoms with Crippen LogP contribution in [0, 0.1) is 0 Å². The van der Waals surface area contributed by atoms with Gasteiger partial charge in [0.15, 0.2) is 0 Å². The summed E-state index contributed by atoms with van der Waals surface area (Å²) in [5.74, 6) is -0.245. The number of carbonyl (C=O) groups excluding carboxylic acids is 1. The number of carbonyl (C=O) groups is 1. The van der Waals surface area contributed by atoms with Crippen molar-refractivity contribution in [3.8, 4) is 5.75 Å². The molecular weight excluding hydrogens is 277 g/mol. The van der Waals surface area contributed by atoms with Crippen molar-refractivity contribution < 1.29 is 14.6 Å². The fourth-order valence-corrected chi connectivity index (χ4v) is 1.80. The van der Waals surface area contributed by atoms with E-state index in [1.165, 1.54) is 18.2 Å². The van der Waals surface area contributed by atoms with Crippen molar-refractivity contribution in [3.63, 3.8) is 0 Å². The summed E-state index contributed by atoms with van der Waals surface area (Å²) < 4.78 is 4.92. The van der Waals surface area contributed by atoms with E-state index in [1.807, 2.05) is 0 Å². The standard InChI is InChI=1S/C12H15Cl2NO3/c1-18-5-4-9(7-13)15-12(17)10-6-8(14)2-3-11(10)16/h2-3,6,9,16H,4-5,7H2,1H3,(H,15,17). The van der Waals surface area contributed by atoms with Crippen LogP contribution in [0.25, 0.3) is 0 Å². The molecule has 4 nitrogen and oxygen atoms in total. The van der Waals surface area contributed by atoms with Gasteiger partial charge in [-0.25, -0.2) is 0 Å². The topological polar surface area (TPSA) is 58.6 Å². The number of phenols is 1. The number of nitrogens with one attached hydrogen (secondary N) is 1. The quantitative estimate of drug-likeness (QED) is 0.792. The molecule has 1 aromatic carbocycles. The summed E-state index contributed by atoms with van der Waals surface area (Å²) >= 11 is 11.5. The lowest BCUT2D eigenvalue weighted by Gasteiger charge is -2.16. The minimum Gasteiger partial charge on any atom is -0.507 e. The first-order valence-corrected chi connectivity index (χ1v) is 6.34. The van der Waals surface area contributed by atoms with Crippen LogP contribution >= 0.6 is 23.2 Å². The number of methoxy groups -OCH3 is 1. The van der Waals surface area contributed by atoms with E-state index in [2.05, 4.69) is 5.32 Å². The Bertz CT molecular complexity index is 412. The summed E-state index contributed by atoms with van der Waals surface area (Å²) in [6, 6.07) is 4.09. The van der Waals surface area contributed by atoms with Crippen molar-refractivity contribution >= 4 is 29.1 Å². The Morgan fingerprint density at radius 1 is 1.56 bits per heavy atom. The zero-order valence-electron chi connectivity index (χ0n) is 9.95. The first kappa shape index (κ1) is 15.1. The summed E-state index contributed by atoms with van der Waals surface area (Å²) in [5.41, 5.74) is 0.134. The molecule has 0 heterocycles. The minimum atomic E-state index is -0.406. The molecule has 1 rings (SSSR count). The van der Waals surface area contributed by atoms with Gasteiger partial charge in [-0.15, -0.1) is 11.6 Å². The van der Waals surface area contributed by atoms with E-state index in [-0.39, 0.29) is 23.2 Å². The molecule has 0 fully saturated rings. The number of amides is 1. The third-order valence-electron chi connectivity index (χ3n) is 2.40. The summed E-state index contributed by atoms with van der Waals surface area (Å²) in [4.78, 5) is 11.9. The highest BCUT2D eigenvalue weighted by atomic mass is 35.5. The van der Waals surface area contributed by atoms with Crippen LogP contribution in [0.3, 0.4) is 0 Å². The second-order valence-electron chi connectivity index (χ2n) is 3.77. The largest absolute Gasteiger partial charge is 0.507 e. The fourth-order valence-electron chi connectivity index (χ4n) is 1.40. The molecule has 0 bridgehead atoms. The van der Waals surface area contributed by atoms with Crippen molar-refractivity contribution in [3.05, 3.63) is 28.8 Å². The minimum absolute atomic E-state index is 0.114. The number of rotatable bonds is 6. The van der Waals surface area contributed by atoms with Crippen molar-refractivity contribution in [1.82, 2.24) is 5.32 Å². The zero-order chi connectivity index (χ0) is 13.5. The number of aromatic hydroxyl groups is 1. The van der Waals surface area contributed by atoms with Gasteiger partial charge in [0.1, 0.15) is 5.75 Å². The van der Waals surface area contributed by atoms with E-state index >= 15 is 0 Å². The van der Waals surface area contributed by atoms with Gasteiger partial charge < -0.3 is 15.2 Å². The Morgan fingerprint density at radius 3 is 2.89 bits per heavy atom. The normalized spacial score (nSPS) is 12.2. The molecule has 2 N–H and O–H groups in total. The maximum Gasteiger partial charge on any atom is 0.255 e. The molecule has 1 atom stereocenters. The third-order valence-corrected chi connectivity index (χ3v) is 3.00. The van der Waals surface area contributed by atoms with Gasteiger partial charge in [0.25, 0.3) is 5.91 Å². The molecule has 0 spiro atoms. The van der Waals surface area contributed by atoms with Crippen LogP contribution in [0.4, 0.5) is 0 Å². The summed E-state index contributed by atoms with van der Waals surface area (Å²) in [5, 5.41) is 12.7. The van der Waals surface area contributed by atoms with Gasteiger partial charge in [0.2, 0.25) is 0 Å². The molecule has 0 aliphatic carbocycles. The Kier molecular flexibility index (Phi) is 6.25. The van der Waals surface area contributed by atoms with Crippen molar-refractivity contribution in [2.75, 3.05) is 19.6 Å². The van der Waals surface area contributed by atoms with Gasteiger partial charge in [-0.3, -0.25) is 4.79 Å². The second-order valence-corrected chi connectivity index (χ2v) is 4.51. The molecule has 0 aromatic heterocycles. The van der Waals surface area contributed by atoms with Gasteiger partial charge in [0, 0.05) is 30.7 Å². The molecule has 1 amide bonds. The summed E-state index contributed by atoms with van der Waals surface area (Å²) in [6.45, 7) is 0.499. The van der Waals surface area contributed by atoms with Gasteiger partial charge in [-0.1, -0.05) is 11.6 Å². The average molecular weight is 292 g/mol. The summed E-state index contributed by atoms with van der Waals surface area (Å²) in [6.07, 6.45) is 0.604. The molecule has 1 unspecified atom stereocenters. The molecule has 0 saturated heterocycles. The van der Waals surface area contributed by atoms with E-state index in [4.69, 9.17) is 27.9 Å². The lowest BCUT2D eigenvalue weighted by atomic mass is 10.1. The Labute approximate surface area is 116 Å². The molecule has 100 valence electrons. The van der Waals surface area contributed by atoms with Crippen LogP contribution in [0.1, 0.15) is 16.8 Å². The Morgan fingerprint density at radius 2 is 2.28 bits per heavy atom. The molecule has 0 aliphatic rings. The number of ether oxygens (including phenoxy) is 1. The van der Waals surface area contributed by atoms with E-state index in [1.54, 1.807) is 7.11 Å². The number of hydrogen-bond donors (Lipinski definition) is 2. The van der Waals surface area contributed by atoms with Gasteiger partial charge in [-0.2, -0.15) is 0 Å². The Hall–Kier alpha value is -0.970. The first-order valence-electron chi connectivity index (χ1n) is 5.42. The highest BCUT2D eigenvalue weighted by molar-refractivity contribution is 6.31. The molecule has 0 aliphatic heterocycles. The molecule has 0 saturated carbocycles. The maximum absolute atomic E-state index is 11.9. The average Bonchev–Trinajstić information content (AvgIpc) is 2.37. The monoisotopic (exact) mass is 291 g/mol. The summed E-state index contributed by atoms with van der Waals surface area (Å²) in [7, 11) is 1.58. The van der Waals surface area contributed by atoms with Crippen LogP contribution in [0.2, 0.25) is 5.02 Å². The molecule has 0 radical (unpaired) electrons. The van der Waals surface area contributed by atoms with E-state index in [9.17, 15) is 9.90 Å².